The molecule has 12 heteroatoms. The predicted octanol–water partition coefficient (Wildman–Crippen LogP) is 4.02. The smallest absolute Gasteiger partial charge is 0.268 e. The SMILES string of the molecule is CCC(Oc1ccc(C)cc1C)C(=O)Nc1ccc(N2N=C(N3CCCC3)C(Sc3nnnn3CC)C2=O)cc1. The molecule has 2 unspecified atom stereocenters. The Morgan fingerprint density at radius 2 is 1.88 bits per heavy atom. The van der Waals surface area contributed by atoms with E-state index in [0.29, 0.717) is 35.2 Å². The summed E-state index contributed by atoms with van der Waals surface area (Å²) in [6, 6.07) is 13.0. The van der Waals surface area contributed by atoms with Crippen LogP contribution in [0.15, 0.2) is 52.7 Å². The molecular formula is C28H34N8O3S. The third kappa shape index (κ3) is 5.81. The molecule has 3 heterocycles. The second kappa shape index (κ2) is 12.1. The summed E-state index contributed by atoms with van der Waals surface area (Å²) in [7, 11) is 0. The van der Waals surface area contributed by atoms with Gasteiger partial charge in [-0.1, -0.05) is 36.4 Å². The molecule has 3 aromatic rings. The fourth-order valence-corrected chi connectivity index (χ4v) is 5.87. The van der Waals surface area contributed by atoms with Gasteiger partial charge in [0.25, 0.3) is 11.8 Å². The van der Waals surface area contributed by atoms with Crippen molar-refractivity contribution >= 4 is 40.8 Å². The first-order valence-corrected chi connectivity index (χ1v) is 14.5. The van der Waals surface area contributed by atoms with Crippen molar-refractivity contribution < 1.29 is 14.3 Å². The average molecular weight is 563 g/mol. The van der Waals surface area contributed by atoms with Crippen molar-refractivity contribution in [3.05, 3.63) is 53.6 Å². The number of carbonyl (C=O) groups is 2. The number of amidine groups is 1. The highest BCUT2D eigenvalue weighted by atomic mass is 32.2. The van der Waals surface area contributed by atoms with E-state index < -0.39 is 11.4 Å². The number of likely N-dealkylation sites (tertiary alicyclic amines) is 1. The van der Waals surface area contributed by atoms with Crippen LogP contribution in [0.2, 0.25) is 0 Å². The van der Waals surface area contributed by atoms with Gasteiger partial charge in [0.2, 0.25) is 5.16 Å². The van der Waals surface area contributed by atoms with Crippen molar-refractivity contribution in [1.82, 2.24) is 25.1 Å². The van der Waals surface area contributed by atoms with E-state index in [1.165, 1.54) is 16.8 Å². The first kappa shape index (κ1) is 27.6. The molecule has 2 amide bonds. The number of aromatic nitrogens is 4. The highest BCUT2D eigenvalue weighted by Gasteiger charge is 2.42. The van der Waals surface area contributed by atoms with Crippen LogP contribution in [0.5, 0.6) is 5.75 Å². The second-order valence-electron chi connectivity index (χ2n) is 9.90. The Bertz CT molecular complexity index is 1400. The van der Waals surface area contributed by atoms with E-state index in [0.717, 1.165) is 42.9 Å². The number of carbonyl (C=O) groups excluding carboxylic acids is 2. The lowest BCUT2D eigenvalue weighted by molar-refractivity contribution is -0.122. The number of thioether (sulfide) groups is 1. The van der Waals surface area contributed by atoms with E-state index in [9.17, 15) is 9.59 Å². The monoisotopic (exact) mass is 562 g/mol. The van der Waals surface area contributed by atoms with E-state index in [4.69, 9.17) is 9.84 Å². The maximum Gasteiger partial charge on any atom is 0.268 e. The Labute approximate surface area is 237 Å². The van der Waals surface area contributed by atoms with Gasteiger partial charge in [-0.25, -0.2) is 4.68 Å². The van der Waals surface area contributed by atoms with Gasteiger partial charge in [0.1, 0.15) is 11.6 Å². The van der Waals surface area contributed by atoms with Crippen molar-refractivity contribution in [3.63, 3.8) is 0 Å². The molecule has 0 aliphatic carbocycles. The summed E-state index contributed by atoms with van der Waals surface area (Å²) in [4.78, 5) is 28.8. The molecule has 2 atom stereocenters. The lowest BCUT2D eigenvalue weighted by atomic mass is 10.1. The molecule has 5 rings (SSSR count). The number of ether oxygens (including phenoxy) is 1. The molecule has 2 aliphatic heterocycles. The second-order valence-corrected chi connectivity index (χ2v) is 11.0. The minimum atomic E-state index is -0.633. The number of rotatable bonds is 9. The summed E-state index contributed by atoms with van der Waals surface area (Å²) < 4.78 is 7.70. The molecule has 0 saturated carbocycles. The third-order valence-electron chi connectivity index (χ3n) is 6.96. The zero-order valence-corrected chi connectivity index (χ0v) is 24.0. The molecular weight excluding hydrogens is 528 g/mol. The Balaban J connectivity index is 1.29. The van der Waals surface area contributed by atoms with Crippen molar-refractivity contribution in [2.45, 2.75) is 70.0 Å². The molecule has 0 spiro atoms. The fourth-order valence-electron chi connectivity index (χ4n) is 4.79. The average Bonchev–Trinajstić information content (AvgIpc) is 3.70. The van der Waals surface area contributed by atoms with Gasteiger partial charge in [-0.05, 0) is 86.4 Å². The summed E-state index contributed by atoms with van der Waals surface area (Å²) in [6.07, 6.45) is 2.02. The van der Waals surface area contributed by atoms with E-state index in [1.54, 1.807) is 28.9 Å². The van der Waals surface area contributed by atoms with Gasteiger partial charge in [0.15, 0.2) is 11.4 Å². The summed E-state index contributed by atoms with van der Waals surface area (Å²) in [5.74, 6) is 1.04. The quantitative estimate of drug-likeness (QED) is 0.416. The number of tetrazole rings is 1. The van der Waals surface area contributed by atoms with Gasteiger partial charge in [-0.3, -0.25) is 9.59 Å². The highest BCUT2D eigenvalue weighted by molar-refractivity contribution is 8.01. The van der Waals surface area contributed by atoms with Crippen LogP contribution in [0, 0.1) is 13.8 Å². The van der Waals surface area contributed by atoms with E-state index >= 15 is 0 Å². The van der Waals surface area contributed by atoms with Crippen LogP contribution in [0.3, 0.4) is 0 Å². The van der Waals surface area contributed by atoms with E-state index in [2.05, 4.69) is 25.7 Å². The number of hydrogen-bond donors (Lipinski definition) is 1. The molecule has 1 aromatic heterocycles. The summed E-state index contributed by atoms with van der Waals surface area (Å²) in [5.41, 5.74) is 3.36. The van der Waals surface area contributed by atoms with Crippen LogP contribution in [-0.4, -0.2) is 67.2 Å². The van der Waals surface area contributed by atoms with Gasteiger partial charge < -0.3 is 15.0 Å². The molecule has 1 saturated heterocycles. The number of hydrazone groups is 1. The number of amides is 2. The van der Waals surface area contributed by atoms with Crippen LogP contribution < -0.4 is 15.1 Å². The third-order valence-corrected chi connectivity index (χ3v) is 8.12. The molecule has 210 valence electrons. The van der Waals surface area contributed by atoms with Crippen LogP contribution >= 0.6 is 11.8 Å². The Kier molecular flexibility index (Phi) is 8.34. The summed E-state index contributed by atoms with van der Waals surface area (Å²) >= 11 is 1.32. The maximum atomic E-state index is 13.6. The van der Waals surface area contributed by atoms with Crippen LogP contribution in [0.4, 0.5) is 11.4 Å². The van der Waals surface area contributed by atoms with Crippen LogP contribution in [-0.2, 0) is 16.1 Å². The van der Waals surface area contributed by atoms with Crippen LogP contribution in [0.25, 0.3) is 0 Å². The number of anilines is 2. The van der Waals surface area contributed by atoms with Gasteiger partial charge >= 0.3 is 0 Å². The van der Waals surface area contributed by atoms with Gasteiger partial charge in [-0.2, -0.15) is 10.1 Å². The predicted molar refractivity (Wildman–Crippen MR) is 155 cm³/mol. The molecule has 0 radical (unpaired) electrons. The molecule has 1 fully saturated rings. The Morgan fingerprint density at radius 3 is 2.55 bits per heavy atom. The highest BCUT2D eigenvalue weighted by Crippen LogP contribution is 2.33. The number of aryl methyl sites for hydroxylation is 3. The first-order valence-electron chi connectivity index (χ1n) is 13.6. The zero-order chi connectivity index (χ0) is 28.2. The molecule has 2 aliphatic rings. The van der Waals surface area contributed by atoms with Crippen molar-refractivity contribution in [3.8, 4) is 5.75 Å². The van der Waals surface area contributed by atoms with Crippen molar-refractivity contribution in [1.29, 1.82) is 0 Å². The standard InChI is InChI=1S/C28H34N8O3S/c1-5-22(39-23-14-9-18(3)17-19(23)4)26(37)29-20-10-12-21(13-11-20)36-27(38)24(25(31-36)34-15-7-8-16-34)40-28-30-32-33-35(28)6-2/h9-14,17,22,24H,5-8,15-16H2,1-4H3,(H,29,37). The molecule has 0 bridgehead atoms. The minimum Gasteiger partial charge on any atom is -0.480 e. The van der Waals surface area contributed by atoms with E-state index in [-0.39, 0.29) is 11.8 Å². The van der Waals surface area contributed by atoms with Gasteiger partial charge in [-0.15, -0.1) is 5.10 Å². The summed E-state index contributed by atoms with van der Waals surface area (Å²) in [6.45, 7) is 10.2. The first-order chi connectivity index (χ1) is 19.4. The zero-order valence-electron chi connectivity index (χ0n) is 23.2. The molecule has 1 N–H and O–H groups in total. The summed E-state index contributed by atoms with van der Waals surface area (Å²) in [5, 5.41) is 21.0. The minimum absolute atomic E-state index is 0.151. The normalized spacial score (nSPS) is 17.8. The number of nitrogens with one attached hydrogen (secondary N) is 1. The van der Waals surface area contributed by atoms with Gasteiger partial charge in [0, 0.05) is 25.3 Å². The van der Waals surface area contributed by atoms with Gasteiger partial charge in [0.05, 0.1) is 5.69 Å². The van der Waals surface area contributed by atoms with Crippen molar-refractivity contribution in [2.24, 2.45) is 5.10 Å². The number of hydrogen-bond acceptors (Lipinski definition) is 9. The molecule has 40 heavy (non-hydrogen) atoms. The molecule has 2 aromatic carbocycles. The van der Waals surface area contributed by atoms with Crippen LogP contribution in [0.1, 0.15) is 44.2 Å². The fraction of sp³-hybridized carbons (Fsp3) is 0.429. The number of benzene rings is 2. The Hall–Kier alpha value is -3.93. The van der Waals surface area contributed by atoms with Crippen molar-refractivity contribution in [2.75, 3.05) is 23.4 Å². The Morgan fingerprint density at radius 1 is 1.12 bits per heavy atom. The maximum absolute atomic E-state index is 13.6. The lowest BCUT2D eigenvalue weighted by Gasteiger charge is -2.20. The number of nitrogens with zero attached hydrogens (tertiary/aromatic N) is 7. The lowest BCUT2D eigenvalue weighted by Crippen LogP contribution is -2.37. The molecule has 11 nitrogen and oxygen atoms in total. The largest absolute Gasteiger partial charge is 0.480 e. The topological polar surface area (TPSA) is 118 Å². The van der Waals surface area contributed by atoms with E-state index in [1.807, 2.05) is 45.9 Å².